The molecule has 0 atom stereocenters. The lowest BCUT2D eigenvalue weighted by atomic mass is 10.1. The monoisotopic (exact) mass is 471 g/mol. The summed E-state index contributed by atoms with van der Waals surface area (Å²) in [5.74, 6) is 0.325. The number of carbonyl (C=O) groups is 2. The lowest BCUT2D eigenvalue weighted by molar-refractivity contribution is -0.117. The largest absolute Gasteiger partial charge is 0.336 e. The number of para-hydroxylation sites is 1. The first-order valence-corrected chi connectivity index (χ1v) is 11.6. The van der Waals surface area contributed by atoms with Gasteiger partial charge in [0.15, 0.2) is 0 Å². The molecule has 0 aliphatic carbocycles. The number of nitrogens with one attached hydrogen (secondary N) is 1. The van der Waals surface area contributed by atoms with Crippen LogP contribution in [0.5, 0.6) is 0 Å². The Bertz CT molecular complexity index is 1360. The fourth-order valence-electron chi connectivity index (χ4n) is 4.47. The van der Waals surface area contributed by atoms with E-state index in [9.17, 15) is 14.0 Å². The van der Waals surface area contributed by atoms with Crippen LogP contribution >= 0.6 is 0 Å². The Morgan fingerprint density at radius 2 is 1.66 bits per heavy atom. The second-order valence-corrected chi connectivity index (χ2v) is 8.66. The van der Waals surface area contributed by atoms with Crippen LogP contribution in [0.15, 0.2) is 72.8 Å². The van der Waals surface area contributed by atoms with Crippen LogP contribution in [-0.4, -0.2) is 63.9 Å². The molecule has 178 valence electrons. The molecule has 1 aromatic heterocycles. The number of fused-ring (bicyclic) bond motifs is 1. The smallest absolute Gasteiger partial charge is 0.254 e. The van der Waals surface area contributed by atoms with Crippen molar-refractivity contribution in [1.82, 2.24) is 19.4 Å². The quantitative estimate of drug-likeness (QED) is 0.480. The highest BCUT2D eigenvalue weighted by atomic mass is 19.1. The van der Waals surface area contributed by atoms with Crippen molar-refractivity contribution in [3.63, 3.8) is 0 Å². The molecule has 3 aromatic carbocycles. The lowest BCUT2D eigenvalue weighted by Gasteiger charge is -2.34. The number of aryl methyl sites for hydroxylation is 1. The van der Waals surface area contributed by atoms with Crippen LogP contribution in [0.2, 0.25) is 0 Å². The number of piperazine rings is 1. The average Bonchev–Trinajstić information content (AvgIpc) is 3.20. The number of benzene rings is 3. The van der Waals surface area contributed by atoms with Crippen LogP contribution in [0.1, 0.15) is 16.2 Å². The first-order chi connectivity index (χ1) is 17.0. The fourth-order valence-corrected chi connectivity index (χ4v) is 4.47. The Hall–Kier alpha value is -4.04. The molecule has 2 heterocycles. The van der Waals surface area contributed by atoms with E-state index in [0.717, 1.165) is 22.5 Å². The van der Waals surface area contributed by atoms with Gasteiger partial charge in [-0.2, -0.15) is 0 Å². The summed E-state index contributed by atoms with van der Waals surface area (Å²) in [6.45, 7) is 4.47. The van der Waals surface area contributed by atoms with Crippen LogP contribution in [0.3, 0.4) is 0 Å². The normalized spacial score (nSPS) is 14.3. The zero-order chi connectivity index (χ0) is 24.4. The Balaban J connectivity index is 1.21. The van der Waals surface area contributed by atoms with E-state index in [0.29, 0.717) is 37.4 Å². The van der Waals surface area contributed by atoms with Gasteiger partial charge in [-0.1, -0.05) is 18.2 Å². The number of nitrogens with zero attached hydrogens (tertiary/aromatic N) is 4. The molecule has 0 saturated carbocycles. The van der Waals surface area contributed by atoms with Crippen molar-refractivity contribution in [2.75, 3.05) is 38.0 Å². The van der Waals surface area contributed by atoms with Gasteiger partial charge in [-0.3, -0.25) is 19.1 Å². The molecule has 1 aliphatic heterocycles. The molecule has 0 radical (unpaired) electrons. The number of halogens is 1. The molecule has 1 fully saturated rings. The number of hydrogen-bond donors (Lipinski definition) is 1. The van der Waals surface area contributed by atoms with Crippen LogP contribution in [0, 0.1) is 12.7 Å². The van der Waals surface area contributed by atoms with Gasteiger partial charge >= 0.3 is 0 Å². The van der Waals surface area contributed by atoms with E-state index in [4.69, 9.17) is 0 Å². The third-order valence-electron chi connectivity index (χ3n) is 6.24. The van der Waals surface area contributed by atoms with Crippen molar-refractivity contribution < 1.29 is 14.0 Å². The Morgan fingerprint density at radius 3 is 2.37 bits per heavy atom. The summed E-state index contributed by atoms with van der Waals surface area (Å²) in [6.07, 6.45) is 0. The van der Waals surface area contributed by atoms with Gasteiger partial charge in [-0.05, 0) is 61.5 Å². The fraction of sp³-hybridized carbons (Fsp3) is 0.222. The Kier molecular flexibility index (Phi) is 6.29. The number of imidazole rings is 1. The summed E-state index contributed by atoms with van der Waals surface area (Å²) in [5.41, 5.74) is 3.95. The van der Waals surface area contributed by atoms with Crippen molar-refractivity contribution in [1.29, 1.82) is 0 Å². The van der Waals surface area contributed by atoms with E-state index in [1.807, 2.05) is 65.3 Å². The molecule has 5 rings (SSSR count). The minimum atomic E-state index is -0.345. The summed E-state index contributed by atoms with van der Waals surface area (Å²) in [5, 5.41) is 2.77. The summed E-state index contributed by atoms with van der Waals surface area (Å²) in [6, 6.07) is 21.4. The summed E-state index contributed by atoms with van der Waals surface area (Å²) in [7, 11) is 0. The molecule has 1 saturated heterocycles. The predicted octanol–water partition coefficient (Wildman–Crippen LogP) is 3.87. The van der Waals surface area contributed by atoms with Gasteiger partial charge in [0, 0.05) is 43.1 Å². The van der Waals surface area contributed by atoms with Crippen molar-refractivity contribution >= 4 is 28.5 Å². The molecule has 0 bridgehead atoms. The number of carbonyl (C=O) groups excluding carboxylic acids is 2. The second-order valence-electron chi connectivity index (χ2n) is 8.66. The van der Waals surface area contributed by atoms with Crippen molar-refractivity contribution in [2.45, 2.75) is 6.92 Å². The number of aromatic nitrogens is 2. The van der Waals surface area contributed by atoms with E-state index in [1.165, 1.54) is 24.3 Å². The number of amides is 2. The Morgan fingerprint density at radius 1 is 0.943 bits per heavy atom. The van der Waals surface area contributed by atoms with Crippen LogP contribution < -0.4 is 5.32 Å². The third-order valence-corrected chi connectivity index (χ3v) is 6.24. The van der Waals surface area contributed by atoms with Gasteiger partial charge in [0.2, 0.25) is 5.91 Å². The molecule has 2 amide bonds. The zero-order valence-corrected chi connectivity index (χ0v) is 19.4. The van der Waals surface area contributed by atoms with E-state index < -0.39 is 0 Å². The van der Waals surface area contributed by atoms with E-state index in [2.05, 4.69) is 14.9 Å². The first-order valence-electron chi connectivity index (χ1n) is 11.6. The minimum Gasteiger partial charge on any atom is -0.336 e. The van der Waals surface area contributed by atoms with E-state index >= 15 is 0 Å². The lowest BCUT2D eigenvalue weighted by Crippen LogP contribution is -2.50. The molecule has 35 heavy (non-hydrogen) atoms. The zero-order valence-electron chi connectivity index (χ0n) is 19.4. The summed E-state index contributed by atoms with van der Waals surface area (Å²) < 4.78 is 15.1. The van der Waals surface area contributed by atoms with E-state index in [-0.39, 0.29) is 24.2 Å². The SMILES string of the molecule is Cc1nc2cc(C(=O)N3CCN(CC(=O)Nc4ccc(F)cc4)CC3)ccc2n1-c1ccccc1. The first kappa shape index (κ1) is 22.7. The van der Waals surface area contributed by atoms with Crippen LogP contribution in [-0.2, 0) is 4.79 Å². The molecule has 1 N–H and O–H groups in total. The molecule has 0 unspecified atom stereocenters. The maximum atomic E-state index is 13.2. The van der Waals surface area contributed by atoms with Crippen molar-refractivity contribution in [2.24, 2.45) is 0 Å². The number of anilines is 1. The predicted molar refractivity (Wildman–Crippen MR) is 133 cm³/mol. The van der Waals surface area contributed by atoms with Gasteiger partial charge in [0.25, 0.3) is 5.91 Å². The standard InChI is InChI=1S/C27H26FN5O2/c1-19-29-24-17-20(7-12-25(24)33(19)23-5-3-2-4-6-23)27(35)32-15-13-31(14-16-32)18-26(34)30-22-10-8-21(28)9-11-22/h2-12,17H,13-16,18H2,1H3,(H,30,34). The molecule has 0 spiro atoms. The van der Waals surface area contributed by atoms with E-state index in [1.54, 1.807) is 0 Å². The molecular formula is C27H26FN5O2. The van der Waals surface area contributed by atoms with Crippen LogP contribution in [0.4, 0.5) is 10.1 Å². The minimum absolute atomic E-state index is 0.0331. The molecular weight excluding hydrogens is 445 g/mol. The molecule has 8 heteroatoms. The highest BCUT2D eigenvalue weighted by Crippen LogP contribution is 2.23. The van der Waals surface area contributed by atoms with Gasteiger partial charge < -0.3 is 10.2 Å². The summed E-state index contributed by atoms with van der Waals surface area (Å²) in [4.78, 5) is 34.0. The molecule has 1 aliphatic rings. The summed E-state index contributed by atoms with van der Waals surface area (Å²) >= 11 is 0. The highest BCUT2D eigenvalue weighted by molar-refractivity contribution is 5.98. The number of hydrogen-bond acceptors (Lipinski definition) is 4. The second kappa shape index (κ2) is 9.68. The van der Waals surface area contributed by atoms with Gasteiger partial charge in [0.1, 0.15) is 11.6 Å². The number of rotatable bonds is 5. The molecule has 7 nitrogen and oxygen atoms in total. The molecule has 4 aromatic rings. The highest BCUT2D eigenvalue weighted by Gasteiger charge is 2.24. The van der Waals surface area contributed by atoms with Crippen molar-refractivity contribution in [3.8, 4) is 5.69 Å². The maximum Gasteiger partial charge on any atom is 0.254 e. The van der Waals surface area contributed by atoms with Gasteiger partial charge in [-0.15, -0.1) is 0 Å². The third kappa shape index (κ3) is 4.93. The topological polar surface area (TPSA) is 70.5 Å². The average molecular weight is 472 g/mol. The van der Waals surface area contributed by atoms with Crippen LogP contribution in [0.25, 0.3) is 16.7 Å². The van der Waals surface area contributed by atoms with Crippen molar-refractivity contribution in [3.05, 3.63) is 90.0 Å². The van der Waals surface area contributed by atoms with Gasteiger partial charge in [0.05, 0.1) is 17.6 Å². The maximum absolute atomic E-state index is 13.2. The Labute approximate surface area is 202 Å². The van der Waals surface area contributed by atoms with Gasteiger partial charge in [-0.25, -0.2) is 9.37 Å².